The first kappa shape index (κ1) is 21.0. The van der Waals surface area contributed by atoms with Crippen molar-refractivity contribution in [2.75, 3.05) is 19.6 Å². The van der Waals surface area contributed by atoms with Gasteiger partial charge < -0.3 is 10.2 Å². The zero-order valence-corrected chi connectivity index (χ0v) is 17.3. The van der Waals surface area contributed by atoms with Crippen molar-refractivity contribution in [2.45, 2.75) is 25.9 Å². The lowest BCUT2D eigenvalue weighted by molar-refractivity contribution is 0.0628. The van der Waals surface area contributed by atoms with E-state index < -0.39 is 0 Å². The van der Waals surface area contributed by atoms with Crippen LogP contribution in [-0.4, -0.2) is 45.4 Å². The largest absolute Gasteiger partial charge is 0.328 e. The molecule has 1 amide bonds. The van der Waals surface area contributed by atoms with Crippen LogP contribution >= 0.6 is 12.4 Å². The summed E-state index contributed by atoms with van der Waals surface area (Å²) in [5.41, 5.74) is 3.97. The number of hydrogen-bond donors (Lipinski definition) is 1. The van der Waals surface area contributed by atoms with Gasteiger partial charge in [0, 0.05) is 19.6 Å². The fourth-order valence-corrected chi connectivity index (χ4v) is 3.61. The third kappa shape index (κ3) is 4.83. The van der Waals surface area contributed by atoms with Gasteiger partial charge in [-0.1, -0.05) is 66.7 Å². The third-order valence-corrected chi connectivity index (χ3v) is 5.22. The molecule has 1 fully saturated rings. The molecule has 0 saturated carbocycles. The van der Waals surface area contributed by atoms with Crippen LogP contribution in [0.1, 0.15) is 40.1 Å². The van der Waals surface area contributed by atoms with E-state index in [2.05, 4.69) is 46.8 Å². The highest BCUT2D eigenvalue weighted by molar-refractivity contribution is 5.92. The highest BCUT2D eigenvalue weighted by Gasteiger charge is 2.30. The zero-order valence-electron chi connectivity index (χ0n) is 16.5. The van der Waals surface area contributed by atoms with Crippen LogP contribution in [0.5, 0.6) is 0 Å². The van der Waals surface area contributed by atoms with Crippen LogP contribution in [0.3, 0.4) is 0 Å². The van der Waals surface area contributed by atoms with Gasteiger partial charge >= 0.3 is 0 Å². The molecule has 3 aromatic rings. The molecule has 152 valence electrons. The molecule has 0 aliphatic carbocycles. The van der Waals surface area contributed by atoms with E-state index in [-0.39, 0.29) is 24.4 Å². The van der Waals surface area contributed by atoms with Gasteiger partial charge in [-0.05, 0) is 23.1 Å². The summed E-state index contributed by atoms with van der Waals surface area (Å²) in [4.78, 5) is 15.1. The fraction of sp³-hybridized carbons (Fsp3) is 0.318. The van der Waals surface area contributed by atoms with E-state index in [1.54, 1.807) is 10.9 Å². The Bertz CT molecular complexity index is 926. The number of benzene rings is 2. The number of halogens is 1. The molecular weight excluding hydrogens is 386 g/mol. The standard InChI is InChI=1S/C22H25N5O.ClH/c1-2-17-8-10-19(11-9-17)21-14-23-12-13-27(21)22(28)20-16-26(25-24-20)15-18-6-4-3-5-7-18;/h3-11,16,21,23H,2,12-15H2,1H3;1H. The number of rotatable bonds is 5. The highest BCUT2D eigenvalue weighted by atomic mass is 35.5. The van der Waals surface area contributed by atoms with Gasteiger partial charge in [-0.2, -0.15) is 0 Å². The van der Waals surface area contributed by atoms with Gasteiger partial charge in [0.15, 0.2) is 5.69 Å². The number of aryl methyl sites for hydroxylation is 1. The molecule has 1 aromatic heterocycles. The average molecular weight is 412 g/mol. The number of nitrogens with one attached hydrogen (secondary N) is 1. The second-order valence-corrected chi connectivity index (χ2v) is 7.10. The Morgan fingerprint density at radius 3 is 2.59 bits per heavy atom. The van der Waals surface area contributed by atoms with Crippen LogP contribution in [0.2, 0.25) is 0 Å². The molecule has 1 unspecified atom stereocenters. The minimum absolute atomic E-state index is 0. The molecule has 29 heavy (non-hydrogen) atoms. The third-order valence-electron chi connectivity index (χ3n) is 5.22. The smallest absolute Gasteiger partial charge is 0.276 e. The van der Waals surface area contributed by atoms with Gasteiger partial charge in [0.25, 0.3) is 5.91 Å². The molecule has 2 aromatic carbocycles. The first-order valence-corrected chi connectivity index (χ1v) is 9.79. The summed E-state index contributed by atoms with van der Waals surface area (Å²) in [7, 11) is 0. The molecule has 1 N–H and O–H groups in total. The van der Waals surface area contributed by atoms with E-state index in [1.165, 1.54) is 5.56 Å². The first-order chi connectivity index (χ1) is 13.7. The van der Waals surface area contributed by atoms with Crippen molar-refractivity contribution in [1.82, 2.24) is 25.2 Å². The van der Waals surface area contributed by atoms with Gasteiger partial charge in [-0.3, -0.25) is 4.79 Å². The molecule has 4 rings (SSSR count). The number of carbonyl (C=O) groups is 1. The lowest BCUT2D eigenvalue weighted by Gasteiger charge is -2.36. The van der Waals surface area contributed by atoms with Crippen molar-refractivity contribution in [3.05, 3.63) is 83.2 Å². The summed E-state index contributed by atoms with van der Waals surface area (Å²) in [6, 6.07) is 18.6. The van der Waals surface area contributed by atoms with E-state index in [1.807, 2.05) is 35.2 Å². The van der Waals surface area contributed by atoms with Gasteiger partial charge in [-0.15, -0.1) is 17.5 Å². The van der Waals surface area contributed by atoms with E-state index in [0.29, 0.717) is 18.8 Å². The summed E-state index contributed by atoms with van der Waals surface area (Å²) >= 11 is 0. The second-order valence-electron chi connectivity index (χ2n) is 7.10. The maximum absolute atomic E-state index is 13.2. The molecule has 6 nitrogen and oxygen atoms in total. The minimum atomic E-state index is -0.0645. The summed E-state index contributed by atoms with van der Waals surface area (Å²) in [6.45, 7) is 4.93. The monoisotopic (exact) mass is 411 g/mol. The molecule has 7 heteroatoms. The van der Waals surface area contributed by atoms with Crippen molar-refractivity contribution >= 4 is 18.3 Å². The average Bonchev–Trinajstić information content (AvgIpc) is 3.22. The molecule has 0 spiro atoms. The maximum atomic E-state index is 13.2. The number of piperazine rings is 1. The summed E-state index contributed by atoms with van der Waals surface area (Å²) in [5, 5.41) is 11.7. The summed E-state index contributed by atoms with van der Waals surface area (Å²) < 4.78 is 1.72. The van der Waals surface area contributed by atoms with Crippen LogP contribution in [0.15, 0.2) is 60.8 Å². The van der Waals surface area contributed by atoms with Crippen LogP contribution in [0.4, 0.5) is 0 Å². The van der Waals surface area contributed by atoms with Crippen molar-refractivity contribution in [3.63, 3.8) is 0 Å². The van der Waals surface area contributed by atoms with E-state index in [4.69, 9.17) is 0 Å². The minimum Gasteiger partial charge on any atom is -0.328 e. The molecule has 1 saturated heterocycles. The maximum Gasteiger partial charge on any atom is 0.276 e. The Kier molecular flexibility index (Phi) is 7.01. The Morgan fingerprint density at radius 2 is 1.86 bits per heavy atom. The fourth-order valence-electron chi connectivity index (χ4n) is 3.61. The van der Waals surface area contributed by atoms with Crippen LogP contribution in [0.25, 0.3) is 0 Å². The van der Waals surface area contributed by atoms with Crippen LogP contribution < -0.4 is 5.32 Å². The zero-order chi connectivity index (χ0) is 19.3. The Morgan fingerprint density at radius 1 is 1.10 bits per heavy atom. The number of amides is 1. The number of hydrogen-bond acceptors (Lipinski definition) is 4. The van der Waals surface area contributed by atoms with Crippen LogP contribution in [0, 0.1) is 0 Å². The SMILES string of the molecule is CCc1ccc(C2CNCCN2C(=O)c2cn(Cc3ccccc3)nn2)cc1.Cl. The summed E-state index contributed by atoms with van der Waals surface area (Å²) in [5.74, 6) is -0.0645. The van der Waals surface area contributed by atoms with Gasteiger partial charge in [-0.25, -0.2) is 4.68 Å². The van der Waals surface area contributed by atoms with E-state index >= 15 is 0 Å². The van der Waals surface area contributed by atoms with Crippen molar-refractivity contribution in [2.24, 2.45) is 0 Å². The molecule has 1 atom stereocenters. The number of aromatic nitrogens is 3. The van der Waals surface area contributed by atoms with Gasteiger partial charge in [0.1, 0.15) is 0 Å². The normalized spacial score (nSPS) is 16.3. The molecule has 0 radical (unpaired) electrons. The van der Waals surface area contributed by atoms with Crippen molar-refractivity contribution in [1.29, 1.82) is 0 Å². The van der Waals surface area contributed by atoms with Crippen molar-refractivity contribution in [3.8, 4) is 0 Å². The van der Waals surface area contributed by atoms with Crippen molar-refractivity contribution < 1.29 is 4.79 Å². The molecule has 1 aliphatic heterocycles. The lowest BCUT2D eigenvalue weighted by Crippen LogP contribution is -2.48. The molecule has 1 aliphatic rings. The predicted octanol–water partition coefficient (Wildman–Crippen LogP) is 3.10. The second kappa shape index (κ2) is 9.67. The topological polar surface area (TPSA) is 63.1 Å². The Labute approximate surface area is 177 Å². The summed E-state index contributed by atoms with van der Waals surface area (Å²) in [6.07, 6.45) is 2.75. The Hall–Kier alpha value is -2.70. The van der Waals surface area contributed by atoms with Gasteiger partial charge in [0.2, 0.25) is 0 Å². The molecular formula is C22H26ClN5O. The van der Waals surface area contributed by atoms with E-state index in [9.17, 15) is 4.79 Å². The van der Waals surface area contributed by atoms with E-state index in [0.717, 1.165) is 30.6 Å². The van der Waals surface area contributed by atoms with Gasteiger partial charge in [0.05, 0.1) is 18.8 Å². The number of nitrogens with zero attached hydrogens (tertiary/aromatic N) is 4. The predicted molar refractivity (Wildman–Crippen MR) is 115 cm³/mol. The lowest BCUT2D eigenvalue weighted by atomic mass is 10.0. The number of carbonyl (C=O) groups excluding carboxylic acids is 1. The quantitative estimate of drug-likeness (QED) is 0.700. The first-order valence-electron chi connectivity index (χ1n) is 9.79. The Balaban J connectivity index is 0.00000240. The highest BCUT2D eigenvalue weighted by Crippen LogP contribution is 2.24. The molecule has 0 bridgehead atoms. The molecule has 2 heterocycles. The van der Waals surface area contributed by atoms with Crippen LogP contribution in [-0.2, 0) is 13.0 Å².